The zero-order chi connectivity index (χ0) is 24.2. The van der Waals surface area contributed by atoms with E-state index in [1.54, 1.807) is 21.7 Å². The van der Waals surface area contributed by atoms with Gasteiger partial charge < -0.3 is 9.64 Å². The third-order valence-corrected chi connectivity index (χ3v) is 6.10. The molecule has 2 aromatic heterocycles. The average Bonchev–Trinajstić information content (AvgIpc) is 3.16. The van der Waals surface area contributed by atoms with Crippen LogP contribution in [0.15, 0.2) is 42.5 Å². The van der Waals surface area contributed by atoms with E-state index >= 15 is 0 Å². The number of hydrogen-bond acceptors (Lipinski definition) is 6. The highest BCUT2D eigenvalue weighted by Gasteiger charge is 2.23. The summed E-state index contributed by atoms with van der Waals surface area (Å²) < 4.78 is 6.89. The van der Waals surface area contributed by atoms with E-state index in [0.717, 1.165) is 31.0 Å². The molecule has 178 valence electrons. The Hall–Kier alpha value is -3.23. The minimum Gasteiger partial charge on any atom is -0.451 e. The van der Waals surface area contributed by atoms with Gasteiger partial charge >= 0.3 is 5.97 Å². The predicted molar refractivity (Wildman–Crippen MR) is 129 cm³/mol. The highest BCUT2D eigenvalue weighted by molar-refractivity contribution is 6.33. The van der Waals surface area contributed by atoms with Crippen molar-refractivity contribution in [3.63, 3.8) is 0 Å². The van der Waals surface area contributed by atoms with Crippen LogP contribution in [0.4, 0.5) is 0 Å². The number of halogens is 1. The number of nitrogens with zero attached hydrogens (tertiary/aromatic N) is 5. The standard InChI is InChI=1S/C25H28ClN5O3/c1-17-5-4-6-20(13-17)15-29-9-11-30(12-10-29)23(32)16-34-25(33)24-21(26)7-8-22(27-24)31-19(3)14-18(2)28-31/h4-8,13-14H,9-12,15-16H2,1-3H3. The van der Waals surface area contributed by atoms with Crippen molar-refractivity contribution in [1.82, 2.24) is 24.6 Å². The van der Waals surface area contributed by atoms with Gasteiger partial charge in [0.15, 0.2) is 18.1 Å². The number of ether oxygens (including phenoxy) is 1. The van der Waals surface area contributed by atoms with Gasteiger partial charge in [-0.3, -0.25) is 9.69 Å². The SMILES string of the molecule is Cc1cccc(CN2CCN(C(=O)COC(=O)c3nc(-n4nc(C)cc4C)ccc3Cl)CC2)c1. The van der Waals surface area contributed by atoms with Crippen LogP contribution in [0.2, 0.25) is 5.02 Å². The van der Waals surface area contributed by atoms with Crippen LogP contribution in [0.1, 0.15) is 33.0 Å². The largest absolute Gasteiger partial charge is 0.451 e. The Morgan fingerprint density at radius 1 is 1.03 bits per heavy atom. The van der Waals surface area contributed by atoms with Crippen LogP contribution in [0.5, 0.6) is 0 Å². The zero-order valence-electron chi connectivity index (χ0n) is 19.6. The lowest BCUT2D eigenvalue weighted by Crippen LogP contribution is -2.49. The number of carbonyl (C=O) groups is 2. The van der Waals surface area contributed by atoms with E-state index in [0.29, 0.717) is 18.9 Å². The van der Waals surface area contributed by atoms with E-state index in [2.05, 4.69) is 46.2 Å². The Kier molecular flexibility index (Phi) is 7.29. The van der Waals surface area contributed by atoms with Gasteiger partial charge in [-0.15, -0.1) is 0 Å². The molecule has 0 radical (unpaired) electrons. The molecule has 1 fully saturated rings. The van der Waals surface area contributed by atoms with Gasteiger partial charge in [0.25, 0.3) is 5.91 Å². The third kappa shape index (κ3) is 5.63. The number of amides is 1. The number of aromatic nitrogens is 3. The van der Waals surface area contributed by atoms with Crippen LogP contribution < -0.4 is 0 Å². The second-order valence-corrected chi connectivity index (χ2v) is 8.97. The summed E-state index contributed by atoms with van der Waals surface area (Å²) in [7, 11) is 0. The van der Waals surface area contributed by atoms with Crippen LogP contribution in [0, 0.1) is 20.8 Å². The minimum atomic E-state index is -0.736. The van der Waals surface area contributed by atoms with Crippen molar-refractivity contribution in [2.45, 2.75) is 27.3 Å². The maximum absolute atomic E-state index is 12.6. The topological polar surface area (TPSA) is 80.6 Å². The Balaban J connectivity index is 1.31. The fourth-order valence-electron chi connectivity index (χ4n) is 4.06. The first kappa shape index (κ1) is 23.9. The molecule has 3 heterocycles. The summed E-state index contributed by atoms with van der Waals surface area (Å²) in [6.45, 7) is 9.09. The summed E-state index contributed by atoms with van der Waals surface area (Å²) in [4.78, 5) is 33.6. The summed E-state index contributed by atoms with van der Waals surface area (Å²) in [6, 6.07) is 13.6. The summed E-state index contributed by atoms with van der Waals surface area (Å²) in [6.07, 6.45) is 0. The smallest absolute Gasteiger partial charge is 0.359 e. The van der Waals surface area contributed by atoms with Crippen molar-refractivity contribution in [1.29, 1.82) is 0 Å². The molecule has 0 unspecified atom stereocenters. The summed E-state index contributed by atoms with van der Waals surface area (Å²) in [5.74, 6) is -0.507. The quantitative estimate of drug-likeness (QED) is 0.502. The monoisotopic (exact) mass is 481 g/mol. The minimum absolute atomic E-state index is 0.0394. The van der Waals surface area contributed by atoms with Crippen LogP contribution in [0.25, 0.3) is 5.82 Å². The molecular formula is C25H28ClN5O3. The summed E-state index contributed by atoms with van der Waals surface area (Å²) >= 11 is 6.19. The first-order valence-electron chi connectivity index (χ1n) is 11.2. The van der Waals surface area contributed by atoms with E-state index in [-0.39, 0.29) is 23.2 Å². The number of hydrogen-bond donors (Lipinski definition) is 0. The Morgan fingerprint density at radius 2 is 1.79 bits per heavy atom. The second kappa shape index (κ2) is 10.4. The summed E-state index contributed by atoms with van der Waals surface area (Å²) in [5.41, 5.74) is 4.18. The van der Waals surface area contributed by atoms with Crippen LogP contribution in [-0.2, 0) is 16.1 Å². The molecule has 0 bridgehead atoms. The van der Waals surface area contributed by atoms with Gasteiger partial charge in [-0.2, -0.15) is 5.10 Å². The van der Waals surface area contributed by atoms with E-state index in [9.17, 15) is 9.59 Å². The molecule has 0 N–H and O–H groups in total. The fourth-order valence-corrected chi connectivity index (χ4v) is 4.25. The number of piperazine rings is 1. The molecular weight excluding hydrogens is 454 g/mol. The number of rotatable bonds is 6. The molecule has 0 atom stereocenters. The molecule has 1 aromatic carbocycles. The van der Waals surface area contributed by atoms with Crippen molar-refractivity contribution in [3.8, 4) is 5.82 Å². The van der Waals surface area contributed by atoms with Crippen molar-refractivity contribution < 1.29 is 14.3 Å². The van der Waals surface area contributed by atoms with Crippen molar-refractivity contribution in [2.24, 2.45) is 0 Å². The zero-order valence-corrected chi connectivity index (χ0v) is 20.4. The Labute approximate surface area is 204 Å². The number of esters is 1. The van der Waals surface area contributed by atoms with E-state index in [4.69, 9.17) is 16.3 Å². The third-order valence-electron chi connectivity index (χ3n) is 5.79. The molecule has 9 heteroatoms. The van der Waals surface area contributed by atoms with Gasteiger partial charge in [0, 0.05) is 38.4 Å². The van der Waals surface area contributed by atoms with Crippen molar-refractivity contribution >= 4 is 23.5 Å². The average molecular weight is 482 g/mol. The molecule has 1 saturated heterocycles. The molecule has 8 nitrogen and oxygen atoms in total. The van der Waals surface area contributed by atoms with Crippen LogP contribution >= 0.6 is 11.6 Å². The van der Waals surface area contributed by atoms with Gasteiger partial charge in [-0.1, -0.05) is 41.4 Å². The lowest BCUT2D eigenvalue weighted by atomic mass is 10.1. The first-order valence-corrected chi connectivity index (χ1v) is 11.6. The highest BCUT2D eigenvalue weighted by atomic mass is 35.5. The van der Waals surface area contributed by atoms with Crippen LogP contribution in [-0.4, -0.2) is 69.2 Å². The van der Waals surface area contributed by atoms with Gasteiger partial charge in [-0.25, -0.2) is 14.5 Å². The molecule has 0 aliphatic carbocycles. The lowest BCUT2D eigenvalue weighted by Gasteiger charge is -2.34. The molecule has 0 spiro atoms. The molecule has 1 amide bonds. The number of carbonyl (C=O) groups excluding carboxylic acids is 2. The molecule has 1 aliphatic rings. The fraction of sp³-hybridized carbons (Fsp3) is 0.360. The predicted octanol–water partition coefficient (Wildman–Crippen LogP) is 3.35. The van der Waals surface area contributed by atoms with E-state index < -0.39 is 5.97 Å². The number of benzene rings is 1. The second-order valence-electron chi connectivity index (χ2n) is 8.56. The molecule has 3 aromatic rings. The summed E-state index contributed by atoms with van der Waals surface area (Å²) in [5, 5.41) is 4.54. The number of pyridine rings is 1. The van der Waals surface area contributed by atoms with Gasteiger partial charge in [-0.05, 0) is 44.5 Å². The first-order chi connectivity index (χ1) is 16.3. The molecule has 0 saturated carbocycles. The number of aryl methyl sites for hydroxylation is 3. The normalized spacial score (nSPS) is 14.3. The Morgan fingerprint density at radius 3 is 2.47 bits per heavy atom. The van der Waals surface area contributed by atoms with Gasteiger partial charge in [0.05, 0.1) is 10.7 Å². The lowest BCUT2D eigenvalue weighted by molar-refractivity contribution is -0.136. The van der Waals surface area contributed by atoms with Gasteiger partial charge in [0.1, 0.15) is 0 Å². The Bertz CT molecular complexity index is 1200. The molecule has 4 rings (SSSR count). The van der Waals surface area contributed by atoms with E-state index in [1.807, 2.05) is 19.9 Å². The van der Waals surface area contributed by atoms with Crippen molar-refractivity contribution in [3.05, 3.63) is 75.7 Å². The van der Waals surface area contributed by atoms with Crippen molar-refractivity contribution in [2.75, 3.05) is 32.8 Å². The molecule has 34 heavy (non-hydrogen) atoms. The van der Waals surface area contributed by atoms with Crippen LogP contribution in [0.3, 0.4) is 0 Å². The maximum Gasteiger partial charge on any atom is 0.359 e. The van der Waals surface area contributed by atoms with E-state index in [1.165, 1.54) is 11.1 Å². The highest BCUT2D eigenvalue weighted by Crippen LogP contribution is 2.19. The van der Waals surface area contributed by atoms with Gasteiger partial charge in [0.2, 0.25) is 0 Å². The molecule has 1 aliphatic heterocycles. The maximum atomic E-state index is 12.6.